The molecule has 3 nitrogen and oxygen atoms in total. The van der Waals surface area contributed by atoms with Gasteiger partial charge in [-0.25, -0.2) is 4.98 Å². The predicted molar refractivity (Wildman–Crippen MR) is 86.5 cm³/mol. The summed E-state index contributed by atoms with van der Waals surface area (Å²) >= 11 is 3.45. The lowest BCUT2D eigenvalue weighted by atomic mass is 10.1. The molecule has 0 saturated heterocycles. The molecule has 0 unspecified atom stereocenters. The average Bonchev–Trinajstić information content (AvgIpc) is 2.45. The molecule has 0 spiro atoms. The standard InChI is InChI=1S/C16H19BrN2O/c1-3-20-14-6-4-13(5-7-14)8-9-18-16-10-12(2)15(17)11-19-16/h4-7,10-11H,3,8-9H2,1-2H3,(H,18,19). The summed E-state index contributed by atoms with van der Waals surface area (Å²) in [5.41, 5.74) is 2.47. The minimum absolute atomic E-state index is 0.704. The summed E-state index contributed by atoms with van der Waals surface area (Å²) in [6.07, 6.45) is 2.79. The number of hydrogen-bond donors (Lipinski definition) is 1. The molecule has 0 bridgehead atoms. The Morgan fingerprint density at radius 3 is 2.65 bits per heavy atom. The molecule has 0 aliphatic rings. The maximum absolute atomic E-state index is 5.43. The van der Waals surface area contributed by atoms with Gasteiger partial charge < -0.3 is 10.1 Å². The van der Waals surface area contributed by atoms with E-state index < -0.39 is 0 Å². The summed E-state index contributed by atoms with van der Waals surface area (Å²) in [5.74, 6) is 1.84. The summed E-state index contributed by atoms with van der Waals surface area (Å²) in [5, 5.41) is 3.34. The topological polar surface area (TPSA) is 34.1 Å². The van der Waals surface area contributed by atoms with Crippen LogP contribution in [0.3, 0.4) is 0 Å². The number of aryl methyl sites for hydroxylation is 1. The Labute approximate surface area is 128 Å². The van der Waals surface area contributed by atoms with Crippen molar-refractivity contribution in [3.63, 3.8) is 0 Å². The quantitative estimate of drug-likeness (QED) is 0.859. The number of benzene rings is 1. The number of aromatic nitrogens is 1. The summed E-state index contributed by atoms with van der Waals surface area (Å²) < 4.78 is 6.47. The molecule has 0 aliphatic carbocycles. The van der Waals surface area contributed by atoms with Gasteiger partial charge in [-0.05, 0) is 65.5 Å². The Kier molecular flexibility index (Phi) is 5.41. The third-order valence-corrected chi connectivity index (χ3v) is 3.83. The van der Waals surface area contributed by atoms with Gasteiger partial charge in [-0.2, -0.15) is 0 Å². The number of pyridine rings is 1. The van der Waals surface area contributed by atoms with Crippen molar-refractivity contribution in [1.29, 1.82) is 0 Å². The van der Waals surface area contributed by atoms with Crippen molar-refractivity contribution >= 4 is 21.7 Å². The molecular weight excluding hydrogens is 316 g/mol. The Hall–Kier alpha value is -1.55. The van der Waals surface area contributed by atoms with Gasteiger partial charge in [-0.15, -0.1) is 0 Å². The Bertz CT molecular complexity index is 555. The van der Waals surface area contributed by atoms with E-state index in [1.807, 2.05) is 31.3 Å². The van der Waals surface area contributed by atoms with E-state index in [0.717, 1.165) is 29.0 Å². The van der Waals surface area contributed by atoms with Gasteiger partial charge in [0.05, 0.1) is 6.61 Å². The maximum atomic E-state index is 5.43. The molecule has 106 valence electrons. The van der Waals surface area contributed by atoms with Crippen molar-refractivity contribution in [2.45, 2.75) is 20.3 Å². The number of ether oxygens (including phenoxy) is 1. The Morgan fingerprint density at radius 1 is 1.25 bits per heavy atom. The van der Waals surface area contributed by atoms with Gasteiger partial charge in [0.15, 0.2) is 0 Å². The van der Waals surface area contributed by atoms with Crippen molar-refractivity contribution in [2.24, 2.45) is 0 Å². The van der Waals surface area contributed by atoms with Crippen LogP contribution in [0.4, 0.5) is 5.82 Å². The van der Waals surface area contributed by atoms with Crippen LogP contribution in [0, 0.1) is 6.92 Å². The fourth-order valence-electron chi connectivity index (χ4n) is 1.89. The molecule has 0 atom stereocenters. The molecule has 1 aromatic carbocycles. The molecular formula is C16H19BrN2O. The van der Waals surface area contributed by atoms with Crippen LogP contribution in [-0.4, -0.2) is 18.1 Å². The summed E-state index contributed by atoms with van der Waals surface area (Å²) in [4.78, 5) is 4.33. The number of nitrogens with one attached hydrogen (secondary N) is 1. The smallest absolute Gasteiger partial charge is 0.126 e. The second kappa shape index (κ2) is 7.29. The van der Waals surface area contributed by atoms with E-state index in [9.17, 15) is 0 Å². The minimum Gasteiger partial charge on any atom is -0.494 e. The van der Waals surface area contributed by atoms with Crippen LogP contribution in [0.25, 0.3) is 0 Å². The molecule has 2 rings (SSSR count). The molecule has 1 N–H and O–H groups in total. The number of nitrogens with zero attached hydrogens (tertiary/aromatic N) is 1. The largest absolute Gasteiger partial charge is 0.494 e. The summed E-state index contributed by atoms with van der Waals surface area (Å²) in [7, 11) is 0. The van der Waals surface area contributed by atoms with Crippen LogP contribution >= 0.6 is 15.9 Å². The van der Waals surface area contributed by atoms with Gasteiger partial charge in [0.1, 0.15) is 11.6 Å². The fraction of sp³-hybridized carbons (Fsp3) is 0.312. The van der Waals surface area contributed by atoms with Gasteiger partial charge >= 0.3 is 0 Å². The SMILES string of the molecule is CCOc1ccc(CCNc2cc(C)c(Br)cn2)cc1. The molecule has 0 radical (unpaired) electrons. The molecule has 0 amide bonds. The number of hydrogen-bond acceptors (Lipinski definition) is 3. The zero-order chi connectivity index (χ0) is 14.4. The van der Waals surface area contributed by atoms with Crippen LogP contribution in [-0.2, 0) is 6.42 Å². The summed E-state index contributed by atoms with van der Waals surface area (Å²) in [6.45, 7) is 5.62. The molecule has 2 aromatic rings. The highest BCUT2D eigenvalue weighted by Gasteiger charge is 1.99. The average molecular weight is 335 g/mol. The first-order chi connectivity index (χ1) is 9.69. The van der Waals surface area contributed by atoms with E-state index in [0.29, 0.717) is 6.61 Å². The normalized spacial score (nSPS) is 10.3. The van der Waals surface area contributed by atoms with Gasteiger partial charge in [0.25, 0.3) is 0 Å². The van der Waals surface area contributed by atoms with E-state index in [4.69, 9.17) is 4.74 Å². The van der Waals surface area contributed by atoms with Crippen LogP contribution in [0.2, 0.25) is 0 Å². The van der Waals surface area contributed by atoms with Crippen molar-refractivity contribution in [1.82, 2.24) is 4.98 Å². The molecule has 20 heavy (non-hydrogen) atoms. The fourth-order valence-corrected chi connectivity index (χ4v) is 2.11. The molecule has 0 saturated carbocycles. The van der Waals surface area contributed by atoms with Crippen LogP contribution in [0.15, 0.2) is 41.0 Å². The highest BCUT2D eigenvalue weighted by atomic mass is 79.9. The molecule has 1 aromatic heterocycles. The number of rotatable bonds is 6. The minimum atomic E-state index is 0.704. The van der Waals surface area contributed by atoms with Crippen LogP contribution in [0.1, 0.15) is 18.1 Å². The van der Waals surface area contributed by atoms with Crippen molar-refractivity contribution < 1.29 is 4.74 Å². The van der Waals surface area contributed by atoms with Crippen molar-refractivity contribution in [2.75, 3.05) is 18.5 Å². The number of halogens is 1. The van der Waals surface area contributed by atoms with E-state index in [1.54, 1.807) is 0 Å². The predicted octanol–water partition coefficient (Wildman–Crippen LogP) is 4.21. The third kappa shape index (κ3) is 4.23. The van der Waals surface area contributed by atoms with E-state index in [-0.39, 0.29) is 0 Å². The lowest BCUT2D eigenvalue weighted by Crippen LogP contribution is -2.06. The lowest BCUT2D eigenvalue weighted by Gasteiger charge is -2.08. The van der Waals surface area contributed by atoms with Gasteiger partial charge in [0.2, 0.25) is 0 Å². The highest BCUT2D eigenvalue weighted by Crippen LogP contribution is 2.17. The first kappa shape index (κ1) is 14.9. The molecule has 1 heterocycles. The highest BCUT2D eigenvalue weighted by molar-refractivity contribution is 9.10. The Balaban J connectivity index is 1.84. The van der Waals surface area contributed by atoms with Gasteiger partial charge in [0, 0.05) is 17.2 Å². The van der Waals surface area contributed by atoms with Gasteiger partial charge in [-0.1, -0.05) is 12.1 Å². The number of anilines is 1. The second-order valence-corrected chi connectivity index (χ2v) is 5.43. The van der Waals surface area contributed by atoms with Crippen LogP contribution in [0.5, 0.6) is 5.75 Å². The Morgan fingerprint density at radius 2 is 2.00 bits per heavy atom. The molecule has 4 heteroatoms. The first-order valence-electron chi connectivity index (χ1n) is 6.77. The van der Waals surface area contributed by atoms with E-state index >= 15 is 0 Å². The summed E-state index contributed by atoms with van der Waals surface area (Å²) in [6, 6.07) is 10.3. The van der Waals surface area contributed by atoms with Crippen molar-refractivity contribution in [3.8, 4) is 5.75 Å². The van der Waals surface area contributed by atoms with E-state index in [1.165, 1.54) is 11.1 Å². The van der Waals surface area contributed by atoms with Crippen LogP contribution < -0.4 is 10.1 Å². The maximum Gasteiger partial charge on any atom is 0.126 e. The monoisotopic (exact) mass is 334 g/mol. The van der Waals surface area contributed by atoms with E-state index in [2.05, 4.69) is 45.3 Å². The third-order valence-electron chi connectivity index (χ3n) is 3.00. The molecule has 0 fully saturated rings. The zero-order valence-electron chi connectivity index (χ0n) is 11.8. The van der Waals surface area contributed by atoms with Crippen molar-refractivity contribution in [3.05, 3.63) is 52.1 Å². The van der Waals surface area contributed by atoms with Gasteiger partial charge in [-0.3, -0.25) is 0 Å². The second-order valence-electron chi connectivity index (χ2n) is 4.57. The molecule has 0 aliphatic heterocycles. The lowest BCUT2D eigenvalue weighted by molar-refractivity contribution is 0.340. The zero-order valence-corrected chi connectivity index (χ0v) is 13.4. The first-order valence-corrected chi connectivity index (χ1v) is 7.56.